The molecule has 0 amide bonds. The molecule has 1 heterocycles. The summed E-state index contributed by atoms with van der Waals surface area (Å²) in [5.74, 6) is -0.186. The molecule has 0 radical (unpaired) electrons. The highest BCUT2D eigenvalue weighted by atomic mass is 19.1. The van der Waals surface area contributed by atoms with Gasteiger partial charge in [0, 0.05) is 31.7 Å². The van der Waals surface area contributed by atoms with Gasteiger partial charge >= 0.3 is 0 Å². The van der Waals surface area contributed by atoms with Crippen LogP contribution in [0, 0.1) is 5.82 Å². The van der Waals surface area contributed by atoms with E-state index in [2.05, 4.69) is 23.9 Å². The molecule has 0 aliphatic carbocycles. The second-order valence-electron chi connectivity index (χ2n) is 5.21. The molecule has 1 aliphatic heterocycles. The van der Waals surface area contributed by atoms with Crippen LogP contribution in [0.3, 0.4) is 0 Å². The maximum absolute atomic E-state index is 13.3. The van der Waals surface area contributed by atoms with E-state index >= 15 is 0 Å². The minimum atomic E-state index is -0.186. The Kier molecular flexibility index (Phi) is 4.32. The monoisotopic (exact) mass is 251 g/mol. The Morgan fingerprint density at radius 2 is 2.28 bits per heavy atom. The first-order valence-electron chi connectivity index (χ1n) is 6.48. The van der Waals surface area contributed by atoms with E-state index in [-0.39, 0.29) is 11.9 Å². The van der Waals surface area contributed by atoms with Crippen LogP contribution in [0.25, 0.3) is 0 Å². The number of rotatable bonds is 4. The van der Waals surface area contributed by atoms with Crippen LogP contribution in [-0.2, 0) is 0 Å². The van der Waals surface area contributed by atoms with Gasteiger partial charge in [-0.05, 0) is 38.2 Å². The molecule has 2 N–H and O–H groups in total. The maximum Gasteiger partial charge on any atom is 0.123 e. The van der Waals surface area contributed by atoms with E-state index in [1.165, 1.54) is 6.07 Å². The summed E-state index contributed by atoms with van der Waals surface area (Å²) in [7, 11) is 4.21. The molecule has 2 atom stereocenters. The largest absolute Gasteiger partial charge is 0.329 e. The maximum atomic E-state index is 13.3. The summed E-state index contributed by atoms with van der Waals surface area (Å²) in [6.07, 6.45) is 1.15. The SMILES string of the molecule is CN(C)C1CCN(C(CN)c2cccc(F)c2)C1. The van der Waals surface area contributed by atoms with Crippen molar-refractivity contribution in [1.29, 1.82) is 0 Å². The third kappa shape index (κ3) is 2.88. The Morgan fingerprint density at radius 1 is 1.50 bits per heavy atom. The minimum Gasteiger partial charge on any atom is -0.329 e. The number of nitrogens with two attached hydrogens (primary N) is 1. The standard InChI is InChI=1S/C14H22FN3/c1-17(2)13-6-7-18(10-13)14(9-16)11-4-3-5-12(15)8-11/h3-5,8,13-14H,6-7,9-10,16H2,1-2H3. The lowest BCUT2D eigenvalue weighted by Gasteiger charge is -2.28. The van der Waals surface area contributed by atoms with Crippen LogP contribution < -0.4 is 5.73 Å². The van der Waals surface area contributed by atoms with Gasteiger partial charge in [0.25, 0.3) is 0 Å². The highest BCUT2D eigenvalue weighted by molar-refractivity contribution is 5.21. The Hall–Kier alpha value is -0.970. The summed E-state index contributed by atoms with van der Waals surface area (Å²) in [5.41, 5.74) is 6.86. The number of halogens is 1. The van der Waals surface area contributed by atoms with E-state index in [4.69, 9.17) is 5.73 Å². The Bertz CT molecular complexity index is 394. The molecule has 1 fully saturated rings. The van der Waals surface area contributed by atoms with E-state index in [9.17, 15) is 4.39 Å². The van der Waals surface area contributed by atoms with E-state index in [0.29, 0.717) is 12.6 Å². The molecule has 2 unspecified atom stereocenters. The van der Waals surface area contributed by atoms with Crippen LogP contribution in [0.5, 0.6) is 0 Å². The molecule has 2 rings (SSSR count). The van der Waals surface area contributed by atoms with E-state index in [1.54, 1.807) is 12.1 Å². The third-order valence-corrected chi connectivity index (χ3v) is 3.82. The van der Waals surface area contributed by atoms with Crippen molar-refractivity contribution in [2.75, 3.05) is 33.7 Å². The smallest absolute Gasteiger partial charge is 0.123 e. The molecular weight excluding hydrogens is 229 g/mol. The van der Waals surface area contributed by atoms with Crippen LogP contribution in [-0.4, -0.2) is 49.6 Å². The normalized spacial score (nSPS) is 22.6. The van der Waals surface area contributed by atoms with Crippen LogP contribution in [0.1, 0.15) is 18.0 Å². The van der Waals surface area contributed by atoms with Gasteiger partial charge in [-0.3, -0.25) is 4.90 Å². The van der Waals surface area contributed by atoms with Crippen molar-refractivity contribution in [3.63, 3.8) is 0 Å². The molecule has 100 valence electrons. The van der Waals surface area contributed by atoms with Gasteiger partial charge in [0.05, 0.1) is 0 Å². The molecule has 1 aliphatic rings. The Morgan fingerprint density at radius 3 is 2.83 bits per heavy atom. The second kappa shape index (κ2) is 5.78. The molecular formula is C14H22FN3. The Balaban J connectivity index is 2.10. The zero-order valence-electron chi connectivity index (χ0n) is 11.1. The van der Waals surface area contributed by atoms with E-state index < -0.39 is 0 Å². The fraction of sp³-hybridized carbons (Fsp3) is 0.571. The quantitative estimate of drug-likeness (QED) is 0.879. The summed E-state index contributed by atoms with van der Waals surface area (Å²) in [4.78, 5) is 4.61. The summed E-state index contributed by atoms with van der Waals surface area (Å²) < 4.78 is 13.3. The average Bonchev–Trinajstić information content (AvgIpc) is 2.80. The van der Waals surface area contributed by atoms with Gasteiger partial charge in [0.1, 0.15) is 5.82 Å². The lowest BCUT2D eigenvalue weighted by atomic mass is 10.1. The van der Waals surface area contributed by atoms with Crippen molar-refractivity contribution in [3.8, 4) is 0 Å². The van der Waals surface area contributed by atoms with E-state index in [1.807, 2.05) is 6.07 Å². The molecule has 3 nitrogen and oxygen atoms in total. The highest BCUT2D eigenvalue weighted by Gasteiger charge is 2.29. The predicted octanol–water partition coefficient (Wildman–Crippen LogP) is 1.46. The second-order valence-corrected chi connectivity index (χ2v) is 5.21. The van der Waals surface area contributed by atoms with Crippen LogP contribution in [0.15, 0.2) is 24.3 Å². The number of nitrogens with zero attached hydrogens (tertiary/aromatic N) is 2. The first-order valence-corrected chi connectivity index (χ1v) is 6.48. The van der Waals surface area contributed by atoms with Crippen molar-refractivity contribution in [1.82, 2.24) is 9.80 Å². The van der Waals surface area contributed by atoms with Gasteiger partial charge < -0.3 is 10.6 Å². The fourth-order valence-electron chi connectivity index (χ4n) is 2.68. The highest BCUT2D eigenvalue weighted by Crippen LogP contribution is 2.26. The van der Waals surface area contributed by atoms with Gasteiger partial charge in [-0.15, -0.1) is 0 Å². The van der Waals surface area contributed by atoms with Crippen molar-refractivity contribution in [2.45, 2.75) is 18.5 Å². The zero-order valence-corrected chi connectivity index (χ0v) is 11.1. The molecule has 1 saturated heterocycles. The summed E-state index contributed by atoms with van der Waals surface area (Å²) in [6, 6.07) is 7.50. The Labute approximate surface area is 108 Å². The predicted molar refractivity (Wildman–Crippen MR) is 71.9 cm³/mol. The fourth-order valence-corrected chi connectivity index (χ4v) is 2.68. The number of hydrogen-bond acceptors (Lipinski definition) is 3. The van der Waals surface area contributed by atoms with Crippen LogP contribution in [0.2, 0.25) is 0 Å². The first kappa shape index (κ1) is 13.5. The molecule has 0 saturated carbocycles. The number of benzene rings is 1. The molecule has 0 aromatic heterocycles. The molecule has 4 heteroatoms. The minimum absolute atomic E-state index is 0.130. The molecule has 0 bridgehead atoms. The van der Waals surface area contributed by atoms with Gasteiger partial charge in [-0.1, -0.05) is 12.1 Å². The third-order valence-electron chi connectivity index (χ3n) is 3.82. The lowest BCUT2D eigenvalue weighted by Crippen LogP contribution is -2.36. The summed E-state index contributed by atoms with van der Waals surface area (Å²) in [6.45, 7) is 2.57. The molecule has 18 heavy (non-hydrogen) atoms. The van der Waals surface area contributed by atoms with Crippen LogP contribution in [0.4, 0.5) is 4.39 Å². The topological polar surface area (TPSA) is 32.5 Å². The van der Waals surface area contributed by atoms with Crippen molar-refractivity contribution in [2.24, 2.45) is 5.73 Å². The van der Waals surface area contributed by atoms with Crippen molar-refractivity contribution < 1.29 is 4.39 Å². The number of likely N-dealkylation sites (N-methyl/N-ethyl adjacent to an activating group) is 1. The molecule has 1 aromatic rings. The number of likely N-dealkylation sites (tertiary alicyclic amines) is 1. The van der Waals surface area contributed by atoms with Gasteiger partial charge in [0.2, 0.25) is 0 Å². The van der Waals surface area contributed by atoms with Gasteiger partial charge in [-0.25, -0.2) is 4.39 Å². The number of hydrogen-bond donors (Lipinski definition) is 1. The summed E-state index contributed by atoms with van der Waals surface area (Å²) in [5, 5.41) is 0. The molecule has 1 aromatic carbocycles. The van der Waals surface area contributed by atoms with Crippen molar-refractivity contribution in [3.05, 3.63) is 35.6 Å². The first-order chi connectivity index (χ1) is 8.61. The van der Waals surface area contributed by atoms with Crippen molar-refractivity contribution >= 4 is 0 Å². The van der Waals surface area contributed by atoms with Crippen LogP contribution >= 0.6 is 0 Å². The summed E-state index contributed by atoms with van der Waals surface area (Å²) >= 11 is 0. The molecule has 0 spiro atoms. The van der Waals surface area contributed by atoms with Gasteiger partial charge in [-0.2, -0.15) is 0 Å². The lowest BCUT2D eigenvalue weighted by molar-refractivity contribution is 0.220. The van der Waals surface area contributed by atoms with Gasteiger partial charge in [0.15, 0.2) is 0 Å². The average molecular weight is 251 g/mol. The van der Waals surface area contributed by atoms with E-state index in [0.717, 1.165) is 25.1 Å². The zero-order chi connectivity index (χ0) is 13.1.